The molecule has 8 heteroatoms. The molecule has 0 aliphatic heterocycles. The Bertz CT molecular complexity index is 1440. The molecule has 4 rings (SSSR count). The number of benzene rings is 4. The van der Waals surface area contributed by atoms with Crippen LogP contribution < -0.4 is 15.4 Å². The molecular weight excluding hydrogens is 474 g/mol. The lowest BCUT2D eigenvalue weighted by atomic mass is 10.0. The minimum absolute atomic E-state index is 0.0693. The maximum Gasteiger partial charge on any atom is 0.336 e. The van der Waals surface area contributed by atoms with E-state index in [0.29, 0.717) is 35.6 Å². The molecule has 0 fully saturated rings. The van der Waals surface area contributed by atoms with Gasteiger partial charge in [-0.25, -0.2) is 13.2 Å². The van der Waals surface area contributed by atoms with E-state index >= 15 is 0 Å². The molecule has 0 saturated heterocycles. The standard InChI is InChI=1S/C28H27N3O4S/c1-2-23-24(28(32)33)18-25(36(34,35)31-22-16-10-5-11-17-22)27(30-21-14-8-4-9-15-21)26(23)29-19-20-12-6-3-7-13-20/h3-18,29-31H,2,19H2,1H3,(H,32,33). The fraction of sp³-hybridized carbons (Fsp3) is 0.107. The number of sulfonamides is 1. The predicted molar refractivity (Wildman–Crippen MR) is 144 cm³/mol. The molecule has 0 bridgehead atoms. The van der Waals surface area contributed by atoms with Crippen LogP contribution in [-0.4, -0.2) is 19.5 Å². The second kappa shape index (κ2) is 11.0. The molecule has 0 amide bonds. The average Bonchev–Trinajstić information content (AvgIpc) is 2.88. The van der Waals surface area contributed by atoms with Crippen LogP contribution in [0.25, 0.3) is 0 Å². The van der Waals surface area contributed by atoms with E-state index in [4.69, 9.17) is 0 Å². The molecule has 0 spiro atoms. The number of carboxylic acids is 1. The average molecular weight is 502 g/mol. The number of carboxylic acid groups (broad SMARTS) is 1. The third-order valence-electron chi connectivity index (χ3n) is 5.65. The van der Waals surface area contributed by atoms with Gasteiger partial charge in [-0.2, -0.15) is 0 Å². The number of anilines is 4. The van der Waals surface area contributed by atoms with Crippen molar-refractivity contribution < 1.29 is 18.3 Å². The van der Waals surface area contributed by atoms with Gasteiger partial charge in [-0.15, -0.1) is 0 Å². The van der Waals surface area contributed by atoms with Gasteiger partial charge >= 0.3 is 5.97 Å². The van der Waals surface area contributed by atoms with Crippen molar-refractivity contribution >= 4 is 38.7 Å². The van der Waals surface area contributed by atoms with Gasteiger partial charge in [0, 0.05) is 17.9 Å². The highest BCUT2D eigenvalue weighted by atomic mass is 32.2. The lowest BCUT2D eigenvalue weighted by molar-refractivity contribution is 0.0695. The van der Waals surface area contributed by atoms with Crippen molar-refractivity contribution in [3.63, 3.8) is 0 Å². The van der Waals surface area contributed by atoms with E-state index in [1.165, 1.54) is 6.07 Å². The summed E-state index contributed by atoms with van der Waals surface area (Å²) >= 11 is 0. The zero-order valence-electron chi connectivity index (χ0n) is 19.7. The Balaban J connectivity index is 1.91. The number of hydrogen-bond donors (Lipinski definition) is 4. The smallest absolute Gasteiger partial charge is 0.336 e. The van der Waals surface area contributed by atoms with Gasteiger partial charge in [-0.1, -0.05) is 73.7 Å². The molecular formula is C28H27N3O4S. The second-order valence-corrected chi connectivity index (χ2v) is 9.76. The maximum absolute atomic E-state index is 13.6. The Morgan fingerprint density at radius 3 is 1.92 bits per heavy atom. The van der Waals surface area contributed by atoms with Crippen LogP contribution in [0.3, 0.4) is 0 Å². The normalized spacial score (nSPS) is 11.0. The summed E-state index contributed by atoms with van der Waals surface area (Å²) in [6, 6.07) is 28.5. The zero-order chi connectivity index (χ0) is 25.5. The molecule has 36 heavy (non-hydrogen) atoms. The van der Waals surface area contributed by atoms with Crippen molar-refractivity contribution in [3.8, 4) is 0 Å². The Morgan fingerprint density at radius 1 is 0.806 bits per heavy atom. The summed E-state index contributed by atoms with van der Waals surface area (Å²) in [6.45, 7) is 2.23. The van der Waals surface area contributed by atoms with E-state index in [1.807, 2.05) is 67.6 Å². The molecule has 184 valence electrons. The zero-order valence-corrected chi connectivity index (χ0v) is 20.5. The molecule has 0 radical (unpaired) electrons. The van der Waals surface area contributed by atoms with Crippen LogP contribution in [-0.2, 0) is 23.0 Å². The minimum Gasteiger partial charge on any atom is -0.478 e. The van der Waals surface area contributed by atoms with Crippen LogP contribution in [0.1, 0.15) is 28.4 Å². The summed E-state index contributed by atoms with van der Waals surface area (Å²) in [5, 5.41) is 16.6. The minimum atomic E-state index is -4.17. The first-order chi connectivity index (χ1) is 17.4. The third-order valence-corrected chi connectivity index (χ3v) is 7.06. The van der Waals surface area contributed by atoms with Gasteiger partial charge < -0.3 is 15.7 Å². The fourth-order valence-electron chi connectivity index (χ4n) is 3.96. The number of rotatable bonds is 10. The predicted octanol–water partition coefficient (Wildman–Crippen LogP) is 6.10. The maximum atomic E-state index is 13.6. The van der Waals surface area contributed by atoms with Crippen LogP contribution in [0.2, 0.25) is 0 Å². The number of carbonyl (C=O) groups is 1. The van der Waals surface area contributed by atoms with Crippen molar-refractivity contribution in [1.82, 2.24) is 0 Å². The van der Waals surface area contributed by atoms with E-state index in [-0.39, 0.29) is 16.1 Å². The van der Waals surface area contributed by atoms with Crippen molar-refractivity contribution in [2.45, 2.75) is 24.8 Å². The van der Waals surface area contributed by atoms with E-state index in [1.54, 1.807) is 30.3 Å². The van der Waals surface area contributed by atoms with Crippen LogP contribution in [0.5, 0.6) is 0 Å². The summed E-state index contributed by atoms with van der Waals surface area (Å²) in [7, 11) is -4.17. The van der Waals surface area contributed by atoms with Crippen molar-refractivity contribution in [3.05, 3.63) is 114 Å². The third kappa shape index (κ3) is 5.67. The SMILES string of the molecule is CCc1c(C(=O)O)cc(S(=O)(=O)Nc2ccccc2)c(Nc2ccccc2)c1NCc1ccccc1. The van der Waals surface area contributed by atoms with Crippen LogP contribution >= 0.6 is 0 Å². The number of para-hydroxylation sites is 2. The summed E-state index contributed by atoms with van der Waals surface area (Å²) in [4.78, 5) is 12.1. The highest BCUT2D eigenvalue weighted by molar-refractivity contribution is 7.93. The van der Waals surface area contributed by atoms with Crippen LogP contribution in [0.15, 0.2) is 102 Å². The molecule has 0 aliphatic carbocycles. The fourth-order valence-corrected chi connectivity index (χ4v) is 5.21. The molecule has 0 aromatic heterocycles. The van der Waals surface area contributed by atoms with Gasteiger partial charge in [0.1, 0.15) is 4.90 Å². The lowest BCUT2D eigenvalue weighted by Crippen LogP contribution is -2.19. The van der Waals surface area contributed by atoms with Gasteiger partial charge in [-0.3, -0.25) is 4.72 Å². The Hall–Kier alpha value is -4.30. The first kappa shape index (κ1) is 24.8. The summed E-state index contributed by atoms with van der Waals surface area (Å²) in [5.74, 6) is -1.20. The van der Waals surface area contributed by atoms with Gasteiger partial charge in [0.15, 0.2) is 0 Å². The van der Waals surface area contributed by atoms with Crippen molar-refractivity contribution in [2.24, 2.45) is 0 Å². The number of nitrogens with one attached hydrogen (secondary N) is 3. The largest absolute Gasteiger partial charge is 0.478 e. The Morgan fingerprint density at radius 2 is 1.36 bits per heavy atom. The van der Waals surface area contributed by atoms with Gasteiger partial charge in [-0.05, 0) is 47.9 Å². The molecule has 0 aliphatic rings. The van der Waals surface area contributed by atoms with E-state index in [2.05, 4.69) is 15.4 Å². The molecule has 4 N–H and O–H groups in total. The Labute approximate surface area is 210 Å². The first-order valence-corrected chi connectivity index (χ1v) is 13.0. The number of aromatic carboxylic acids is 1. The summed E-state index contributed by atoms with van der Waals surface area (Å²) in [6.07, 6.45) is 0.384. The number of hydrogen-bond acceptors (Lipinski definition) is 5. The summed E-state index contributed by atoms with van der Waals surface area (Å²) in [5.41, 5.74) is 3.16. The lowest BCUT2D eigenvalue weighted by Gasteiger charge is -2.23. The molecule has 4 aromatic rings. The van der Waals surface area contributed by atoms with E-state index < -0.39 is 16.0 Å². The topological polar surface area (TPSA) is 108 Å². The van der Waals surface area contributed by atoms with Crippen molar-refractivity contribution in [2.75, 3.05) is 15.4 Å². The Kier molecular flexibility index (Phi) is 7.56. The van der Waals surface area contributed by atoms with Crippen molar-refractivity contribution in [1.29, 1.82) is 0 Å². The van der Waals surface area contributed by atoms with E-state index in [9.17, 15) is 18.3 Å². The molecule has 0 heterocycles. The highest BCUT2D eigenvalue weighted by Crippen LogP contribution is 2.39. The monoisotopic (exact) mass is 501 g/mol. The van der Waals surface area contributed by atoms with Gasteiger partial charge in [0.05, 0.1) is 16.9 Å². The molecule has 7 nitrogen and oxygen atoms in total. The van der Waals surface area contributed by atoms with E-state index in [0.717, 1.165) is 5.56 Å². The van der Waals surface area contributed by atoms with Gasteiger partial charge in [0.2, 0.25) is 0 Å². The molecule has 0 unspecified atom stereocenters. The quantitative estimate of drug-likeness (QED) is 0.209. The molecule has 0 saturated carbocycles. The van der Waals surface area contributed by atoms with Crippen LogP contribution in [0, 0.1) is 0 Å². The second-order valence-electron chi connectivity index (χ2n) is 8.11. The highest BCUT2D eigenvalue weighted by Gasteiger charge is 2.28. The summed E-state index contributed by atoms with van der Waals surface area (Å²) < 4.78 is 29.9. The molecule has 4 aromatic carbocycles. The first-order valence-electron chi connectivity index (χ1n) is 11.5. The molecule has 0 atom stereocenters. The van der Waals surface area contributed by atoms with Crippen LogP contribution in [0.4, 0.5) is 22.7 Å². The van der Waals surface area contributed by atoms with Gasteiger partial charge in [0.25, 0.3) is 10.0 Å².